The maximum absolute atomic E-state index is 12.1. The Bertz CT molecular complexity index is 522. The van der Waals surface area contributed by atoms with Crippen LogP contribution < -0.4 is 4.72 Å². The molecule has 0 aliphatic carbocycles. The van der Waals surface area contributed by atoms with Gasteiger partial charge in [0, 0.05) is 13.2 Å². The van der Waals surface area contributed by atoms with Gasteiger partial charge in [0.15, 0.2) is 0 Å². The lowest BCUT2D eigenvalue weighted by atomic mass is 10.1. The predicted octanol–water partition coefficient (Wildman–Crippen LogP) is 2.62. The highest BCUT2D eigenvalue weighted by Crippen LogP contribution is 2.18. The highest BCUT2D eigenvalue weighted by Gasteiger charge is 2.16. The van der Waals surface area contributed by atoms with Crippen LogP contribution in [0.15, 0.2) is 29.2 Å². The number of nitrogens with one attached hydrogen (secondary N) is 1. The molecule has 0 saturated carbocycles. The first kappa shape index (κ1) is 15.5. The molecule has 0 aromatic heterocycles. The van der Waals surface area contributed by atoms with Crippen molar-refractivity contribution in [2.24, 2.45) is 0 Å². The molecule has 0 amide bonds. The Kier molecular flexibility index (Phi) is 5.57. The number of ether oxygens (including phenoxy) is 1. The number of hydrogen-bond donors (Lipinski definition) is 1. The average molecular weight is 297 g/mol. The number of hydrogen-bond acceptors (Lipinski definition) is 3. The molecule has 5 heteroatoms. The van der Waals surface area contributed by atoms with E-state index in [1.165, 1.54) is 0 Å². The Morgan fingerprint density at radius 3 is 2.80 bits per heavy atom. The smallest absolute Gasteiger partial charge is 0.240 e. The van der Waals surface area contributed by atoms with Gasteiger partial charge in [-0.15, -0.1) is 0 Å². The van der Waals surface area contributed by atoms with E-state index in [1.807, 2.05) is 19.1 Å². The molecule has 1 unspecified atom stereocenters. The molecule has 1 fully saturated rings. The minimum absolute atomic E-state index is 0.374. The molecule has 1 aliphatic rings. The Labute approximate surface area is 121 Å². The van der Waals surface area contributed by atoms with E-state index in [-0.39, 0.29) is 0 Å². The fraction of sp³-hybridized carbons (Fsp3) is 0.600. The van der Waals surface area contributed by atoms with E-state index in [1.54, 1.807) is 12.1 Å². The lowest BCUT2D eigenvalue weighted by molar-refractivity contribution is 0.102. The topological polar surface area (TPSA) is 55.4 Å². The normalized spacial score (nSPS) is 19.4. The summed E-state index contributed by atoms with van der Waals surface area (Å²) in [5.41, 5.74) is 0.777. The lowest BCUT2D eigenvalue weighted by Gasteiger charge is -2.10. The van der Waals surface area contributed by atoms with Crippen molar-refractivity contribution >= 4 is 10.0 Å². The van der Waals surface area contributed by atoms with E-state index in [0.717, 1.165) is 44.3 Å². The summed E-state index contributed by atoms with van der Waals surface area (Å²) >= 11 is 0. The van der Waals surface area contributed by atoms with Crippen LogP contribution >= 0.6 is 0 Å². The number of benzene rings is 1. The monoisotopic (exact) mass is 297 g/mol. The van der Waals surface area contributed by atoms with Crippen molar-refractivity contribution in [2.45, 2.75) is 50.0 Å². The molecule has 1 aromatic carbocycles. The van der Waals surface area contributed by atoms with Crippen LogP contribution in [-0.4, -0.2) is 27.7 Å². The summed E-state index contributed by atoms with van der Waals surface area (Å²) in [7, 11) is -3.37. The standard InChI is InChI=1S/C15H23NO3S/c1-13-7-2-3-10-15(13)20(17,18)16-11-5-4-8-14-9-6-12-19-14/h2-3,7,10,14,16H,4-6,8-9,11-12H2,1H3. The zero-order chi connectivity index (χ0) is 14.4. The second kappa shape index (κ2) is 7.20. The average Bonchev–Trinajstić information content (AvgIpc) is 2.91. The summed E-state index contributed by atoms with van der Waals surface area (Å²) in [4.78, 5) is 0.374. The van der Waals surface area contributed by atoms with Gasteiger partial charge in [-0.25, -0.2) is 13.1 Å². The first-order chi connectivity index (χ1) is 9.59. The molecule has 4 nitrogen and oxygen atoms in total. The second-order valence-electron chi connectivity index (χ2n) is 5.29. The van der Waals surface area contributed by atoms with Crippen LogP contribution in [0, 0.1) is 6.92 Å². The molecule has 20 heavy (non-hydrogen) atoms. The van der Waals surface area contributed by atoms with Crippen LogP contribution in [0.25, 0.3) is 0 Å². The van der Waals surface area contributed by atoms with Gasteiger partial charge in [-0.05, 0) is 50.7 Å². The van der Waals surface area contributed by atoms with Gasteiger partial charge in [0.2, 0.25) is 10.0 Å². The first-order valence-electron chi connectivity index (χ1n) is 7.26. The van der Waals surface area contributed by atoms with Gasteiger partial charge in [-0.1, -0.05) is 18.2 Å². The van der Waals surface area contributed by atoms with Crippen LogP contribution in [-0.2, 0) is 14.8 Å². The van der Waals surface area contributed by atoms with Crippen LogP contribution in [0.3, 0.4) is 0 Å². The summed E-state index contributed by atoms with van der Waals surface area (Å²) in [6.45, 7) is 3.18. The minimum Gasteiger partial charge on any atom is -0.378 e. The van der Waals surface area contributed by atoms with Crippen molar-refractivity contribution in [2.75, 3.05) is 13.2 Å². The highest BCUT2D eigenvalue weighted by molar-refractivity contribution is 7.89. The Morgan fingerprint density at radius 2 is 2.10 bits per heavy atom. The first-order valence-corrected chi connectivity index (χ1v) is 8.75. The molecule has 1 aliphatic heterocycles. The predicted molar refractivity (Wildman–Crippen MR) is 79.2 cm³/mol. The van der Waals surface area contributed by atoms with E-state index < -0.39 is 10.0 Å². The molecule has 1 saturated heterocycles. The van der Waals surface area contributed by atoms with E-state index in [2.05, 4.69) is 4.72 Å². The molecule has 1 aromatic rings. The number of rotatable bonds is 7. The maximum atomic E-state index is 12.1. The highest BCUT2D eigenvalue weighted by atomic mass is 32.2. The second-order valence-corrected chi connectivity index (χ2v) is 7.03. The third-order valence-corrected chi connectivity index (χ3v) is 5.27. The minimum atomic E-state index is -3.37. The van der Waals surface area contributed by atoms with E-state index >= 15 is 0 Å². The van der Waals surface area contributed by atoms with Gasteiger partial charge < -0.3 is 4.74 Å². The summed E-state index contributed by atoms with van der Waals surface area (Å²) in [6.07, 6.45) is 5.58. The number of sulfonamides is 1. The molecule has 2 rings (SSSR count). The Morgan fingerprint density at radius 1 is 1.30 bits per heavy atom. The summed E-state index contributed by atoms with van der Waals surface area (Å²) < 4.78 is 32.5. The molecule has 112 valence electrons. The maximum Gasteiger partial charge on any atom is 0.240 e. The molecule has 0 radical (unpaired) electrons. The van der Waals surface area contributed by atoms with Crippen molar-refractivity contribution in [3.05, 3.63) is 29.8 Å². The number of aryl methyl sites for hydroxylation is 1. The molecular formula is C15H23NO3S. The van der Waals surface area contributed by atoms with E-state index in [4.69, 9.17) is 4.74 Å². The van der Waals surface area contributed by atoms with Crippen molar-refractivity contribution in [3.63, 3.8) is 0 Å². The van der Waals surface area contributed by atoms with Crippen LogP contribution in [0.5, 0.6) is 0 Å². The fourth-order valence-corrected chi connectivity index (χ4v) is 3.83. The van der Waals surface area contributed by atoms with Gasteiger partial charge in [0.25, 0.3) is 0 Å². The largest absolute Gasteiger partial charge is 0.378 e. The van der Waals surface area contributed by atoms with E-state index in [0.29, 0.717) is 17.5 Å². The SMILES string of the molecule is Cc1ccccc1S(=O)(=O)NCCCCC1CCCO1. The van der Waals surface area contributed by atoms with Crippen LogP contribution in [0.2, 0.25) is 0 Å². The van der Waals surface area contributed by atoms with Crippen LogP contribution in [0.1, 0.15) is 37.7 Å². The van der Waals surface area contributed by atoms with Gasteiger partial charge in [0.05, 0.1) is 11.0 Å². The molecule has 1 atom stereocenters. The van der Waals surface area contributed by atoms with Crippen LogP contribution in [0.4, 0.5) is 0 Å². The van der Waals surface area contributed by atoms with Crippen molar-refractivity contribution in [1.82, 2.24) is 4.72 Å². The third kappa shape index (κ3) is 4.30. The third-order valence-electron chi connectivity index (χ3n) is 3.65. The van der Waals surface area contributed by atoms with Gasteiger partial charge in [0.1, 0.15) is 0 Å². The summed E-state index contributed by atoms with van der Waals surface area (Å²) in [5, 5.41) is 0. The van der Waals surface area contributed by atoms with Crippen molar-refractivity contribution < 1.29 is 13.2 Å². The number of unbranched alkanes of at least 4 members (excludes halogenated alkanes) is 1. The van der Waals surface area contributed by atoms with Gasteiger partial charge in [-0.2, -0.15) is 0 Å². The van der Waals surface area contributed by atoms with Crippen molar-refractivity contribution in [1.29, 1.82) is 0 Å². The summed E-state index contributed by atoms with van der Waals surface area (Å²) in [5.74, 6) is 0. The quantitative estimate of drug-likeness (QED) is 0.787. The molecule has 0 spiro atoms. The lowest BCUT2D eigenvalue weighted by Crippen LogP contribution is -2.25. The Balaban J connectivity index is 1.74. The van der Waals surface area contributed by atoms with Gasteiger partial charge >= 0.3 is 0 Å². The molecule has 1 heterocycles. The zero-order valence-corrected chi connectivity index (χ0v) is 12.8. The molecule has 1 N–H and O–H groups in total. The summed E-state index contributed by atoms with van der Waals surface area (Å²) in [6, 6.07) is 7.05. The molecule has 0 bridgehead atoms. The van der Waals surface area contributed by atoms with E-state index in [9.17, 15) is 8.42 Å². The molecular weight excluding hydrogens is 274 g/mol. The Hall–Kier alpha value is -0.910. The fourth-order valence-electron chi connectivity index (χ4n) is 2.51. The zero-order valence-electron chi connectivity index (χ0n) is 12.0. The van der Waals surface area contributed by atoms with Gasteiger partial charge in [-0.3, -0.25) is 0 Å². The van der Waals surface area contributed by atoms with Crippen molar-refractivity contribution in [3.8, 4) is 0 Å².